The van der Waals surface area contributed by atoms with Gasteiger partial charge in [-0.3, -0.25) is 4.79 Å². The quantitative estimate of drug-likeness (QED) is 0.757. The SMILES string of the molecule is NC(=O)NC1=C(C(N)=O)CC(c2ccc(F)cc2)=C1. The van der Waals surface area contributed by atoms with Gasteiger partial charge in [-0.05, 0) is 29.3 Å². The highest BCUT2D eigenvalue weighted by atomic mass is 19.1. The number of allylic oxidation sites excluding steroid dienone is 2. The van der Waals surface area contributed by atoms with Crippen LogP contribution in [0.1, 0.15) is 12.0 Å². The predicted molar refractivity (Wildman–Crippen MR) is 67.9 cm³/mol. The van der Waals surface area contributed by atoms with Crippen molar-refractivity contribution in [2.24, 2.45) is 11.5 Å². The van der Waals surface area contributed by atoms with Crippen molar-refractivity contribution in [1.82, 2.24) is 5.32 Å². The number of benzene rings is 1. The Kier molecular flexibility index (Phi) is 3.33. The highest BCUT2D eigenvalue weighted by Gasteiger charge is 2.21. The molecule has 5 nitrogen and oxygen atoms in total. The van der Waals surface area contributed by atoms with Gasteiger partial charge in [0, 0.05) is 12.0 Å². The van der Waals surface area contributed by atoms with E-state index in [4.69, 9.17) is 11.5 Å². The van der Waals surface area contributed by atoms with Gasteiger partial charge in [-0.1, -0.05) is 12.1 Å². The van der Waals surface area contributed by atoms with Gasteiger partial charge in [-0.25, -0.2) is 9.18 Å². The third-order valence-electron chi connectivity index (χ3n) is 2.78. The molecule has 0 atom stereocenters. The molecular formula is C13H12FN3O2. The van der Waals surface area contributed by atoms with Gasteiger partial charge in [0.2, 0.25) is 5.91 Å². The molecule has 2 rings (SSSR count). The minimum absolute atomic E-state index is 0.274. The average molecular weight is 261 g/mol. The van der Waals surface area contributed by atoms with Gasteiger partial charge in [0.05, 0.1) is 5.70 Å². The summed E-state index contributed by atoms with van der Waals surface area (Å²) in [6, 6.07) is 5.05. The highest BCUT2D eigenvalue weighted by molar-refractivity contribution is 5.99. The summed E-state index contributed by atoms with van der Waals surface area (Å²) >= 11 is 0. The summed E-state index contributed by atoms with van der Waals surface area (Å²) in [7, 11) is 0. The maximum atomic E-state index is 12.8. The molecule has 0 aromatic heterocycles. The first kappa shape index (κ1) is 12.8. The molecule has 6 heteroatoms. The summed E-state index contributed by atoms with van der Waals surface area (Å²) in [4.78, 5) is 22.2. The van der Waals surface area contributed by atoms with Crippen molar-refractivity contribution >= 4 is 17.5 Å². The topological polar surface area (TPSA) is 98.2 Å². The third kappa shape index (κ3) is 2.79. The van der Waals surface area contributed by atoms with Crippen LogP contribution in [0.4, 0.5) is 9.18 Å². The van der Waals surface area contributed by atoms with Crippen LogP contribution in [0.2, 0.25) is 0 Å². The predicted octanol–water partition coefficient (Wildman–Crippen LogP) is 1.02. The molecule has 1 aliphatic rings. The van der Waals surface area contributed by atoms with Crippen LogP contribution >= 0.6 is 0 Å². The molecule has 1 aliphatic carbocycles. The maximum absolute atomic E-state index is 12.8. The van der Waals surface area contributed by atoms with Crippen molar-refractivity contribution in [1.29, 1.82) is 0 Å². The van der Waals surface area contributed by atoms with E-state index >= 15 is 0 Å². The summed E-state index contributed by atoms with van der Waals surface area (Å²) in [6.45, 7) is 0. The molecule has 0 aliphatic heterocycles. The molecule has 19 heavy (non-hydrogen) atoms. The number of rotatable bonds is 3. The number of nitrogens with one attached hydrogen (secondary N) is 1. The fourth-order valence-electron chi connectivity index (χ4n) is 1.91. The number of primary amides is 2. The molecule has 0 radical (unpaired) electrons. The molecule has 1 aromatic carbocycles. The van der Waals surface area contributed by atoms with Gasteiger partial charge in [0.15, 0.2) is 0 Å². The first-order valence-corrected chi connectivity index (χ1v) is 5.53. The Morgan fingerprint density at radius 3 is 2.32 bits per heavy atom. The molecule has 0 saturated carbocycles. The standard InChI is InChI=1S/C13H12FN3O2/c14-9-3-1-7(2-4-9)8-5-10(12(15)18)11(6-8)17-13(16)19/h1-4,6H,5H2,(H2,15,18)(H3,16,17,19). The van der Waals surface area contributed by atoms with Gasteiger partial charge >= 0.3 is 6.03 Å². The minimum Gasteiger partial charge on any atom is -0.366 e. The number of urea groups is 1. The number of hydrogen-bond acceptors (Lipinski definition) is 2. The van der Waals surface area contributed by atoms with Crippen molar-refractivity contribution in [3.8, 4) is 0 Å². The third-order valence-corrected chi connectivity index (χ3v) is 2.78. The summed E-state index contributed by atoms with van der Waals surface area (Å²) < 4.78 is 12.8. The van der Waals surface area contributed by atoms with Gasteiger partial charge < -0.3 is 16.8 Å². The first-order valence-electron chi connectivity index (χ1n) is 5.53. The number of nitrogens with two attached hydrogens (primary N) is 2. The fraction of sp³-hybridized carbons (Fsp3) is 0.0769. The van der Waals surface area contributed by atoms with Crippen molar-refractivity contribution in [3.63, 3.8) is 0 Å². The summed E-state index contributed by atoms with van der Waals surface area (Å²) in [6.07, 6.45) is 1.88. The largest absolute Gasteiger partial charge is 0.366 e. The van der Waals surface area contributed by atoms with E-state index in [-0.39, 0.29) is 17.8 Å². The highest BCUT2D eigenvalue weighted by Crippen LogP contribution is 2.31. The van der Waals surface area contributed by atoms with Crippen LogP contribution in [-0.2, 0) is 4.79 Å². The fourth-order valence-corrected chi connectivity index (χ4v) is 1.91. The molecule has 0 fully saturated rings. The van der Waals surface area contributed by atoms with Gasteiger partial charge in [0.1, 0.15) is 5.82 Å². The molecule has 0 saturated heterocycles. The Hall–Kier alpha value is -2.63. The van der Waals surface area contributed by atoms with E-state index in [1.165, 1.54) is 12.1 Å². The molecule has 3 amide bonds. The first-order chi connectivity index (χ1) is 8.97. The van der Waals surface area contributed by atoms with Crippen LogP contribution in [0, 0.1) is 5.82 Å². The van der Waals surface area contributed by atoms with Crippen molar-refractivity contribution in [3.05, 3.63) is 53.0 Å². The number of amides is 3. The summed E-state index contributed by atoms with van der Waals surface area (Å²) in [5.41, 5.74) is 12.3. The number of halogens is 1. The molecule has 98 valence electrons. The second kappa shape index (κ2) is 4.93. The maximum Gasteiger partial charge on any atom is 0.316 e. The zero-order valence-electron chi connectivity index (χ0n) is 9.94. The Balaban J connectivity index is 2.30. The minimum atomic E-state index is -0.773. The Morgan fingerprint density at radius 1 is 1.16 bits per heavy atom. The monoisotopic (exact) mass is 261 g/mol. The van der Waals surface area contributed by atoms with E-state index in [0.29, 0.717) is 5.70 Å². The normalized spacial score (nSPS) is 14.3. The molecular weight excluding hydrogens is 249 g/mol. The number of hydrogen-bond donors (Lipinski definition) is 3. The van der Waals surface area contributed by atoms with E-state index in [9.17, 15) is 14.0 Å². The second-order valence-electron chi connectivity index (χ2n) is 4.10. The second-order valence-corrected chi connectivity index (χ2v) is 4.10. The van der Waals surface area contributed by atoms with Crippen LogP contribution in [0.3, 0.4) is 0 Å². The van der Waals surface area contributed by atoms with Gasteiger partial charge in [-0.15, -0.1) is 0 Å². The average Bonchev–Trinajstić information content (AvgIpc) is 2.73. The van der Waals surface area contributed by atoms with Crippen LogP contribution in [0.25, 0.3) is 5.57 Å². The lowest BCUT2D eigenvalue weighted by Gasteiger charge is -2.03. The lowest BCUT2D eigenvalue weighted by Crippen LogP contribution is -2.30. The zero-order chi connectivity index (χ0) is 14.0. The molecule has 0 heterocycles. The van der Waals surface area contributed by atoms with Gasteiger partial charge in [-0.2, -0.15) is 0 Å². The summed E-state index contributed by atoms with van der Waals surface area (Å²) in [5, 5.41) is 2.35. The lowest BCUT2D eigenvalue weighted by atomic mass is 10.0. The zero-order valence-corrected chi connectivity index (χ0v) is 9.94. The molecule has 5 N–H and O–H groups in total. The van der Waals surface area contributed by atoms with Crippen LogP contribution in [0.5, 0.6) is 0 Å². The smallest absolute Gasteiger partial charge is 0.316 e. The van der Waals surface area contributed by atoms with Crippen molar-refractivity contribution < 1.29 is 14.0 Å². The van der Waals surface area contributed by atoms with Crippen LogP contribution in [-0.4, -0.2) is 11.9 Å². The molecule has 0 spiro atoms. The molecule has 1 aromatic rings. The van der Waals surface area contributed by atoms with E-state index in [1.54, 1.807) is 18.2 Å². The Labute approximate surface area is 108 Å². The van der Waals surface area contributed by atoms with E-state index in [2.05, 4.69) is 5.32 Å². The number of carbonyl (C=O) groups excluding carboxylic acids is 2. The lowest BCUT2D eigenvalue weighted by molar-refractivity contribution is -0.114. The van der Waals surface area contributed by atoms with E-state index < -0.39 is 11.9 Å². The van der Waals surface area contributed by atoms with Crippen LogP contribution in [0.15, 0.2) is 41.6 Å². The molecule has 0 bridgehead atoms. The Bertz CT molecular complexity index is 603. The van der Waals surface area contributed by atoms with Gasteiger partial charge in [0.25, 0.3) is 0 Å². The van der Waals surface area contributed by atoms with Crippen LogP contribution < -0.4 is 16.8 Å². The van der Waals surface area contributed by atoms with Crippen molar-refractivity contribution in [2.75, 3.05) is 0 Å². The molecule has 0 unspecified atom stereocenters. The Morgan fingerprint density at radius 2 is 1.79 bits per heavy atom. The van der Waals surface area contributed by atoms with Crippen molar-refractivity contribution in [2.45, 2.75) is 6.42 Å². The van der Waals surface area contributed by atoms with E-state index in [1.807, 2.05) is 0 Å². The summed E-state index contributed by atoms with van der Waals surface area (Å²) in [5.74, 6) is -0.974. The van der Waals surface area contributed by atoms with E-state index in [0.717, 1.165) is 11.1 Å². The number of carbonyl (C=O) groups is 2.